The Balaban J connectivity index is 1.02. The molecular weight excluding hydrogens is 767 g/mol. The Bertz CT molecular complexity index is 2390. The highest BCUT2D eigenvalue weighted by Gasteiger charge is 2.27. The number of hydrogen-bond acceptors (Lipinski definition) is 9. The number of fused-ring (bicyclic) bond motifs is 2. The van der Waals surface area contributed by atoms with Crippen LogP contribution in [0.1, 0.15) is 112 Å². The van der Waals surface area contributed by atoms with E-state index in [1.54, 1.807) is 42.6 Å². The molecule has 1 aliphatic carbocycles. The number of aromatic nitrogens is 1. The number of Topliss-reactive ketones (excluding diaryl/α,β-unsaturated/α-hetero) is 1. The van der Waals surface area contributed by atoms with Crippen molar-refractivity contribution in [3.05, 3.63) is 159 Å². The van der Waals surface area contributed by atoms with E-state index >= 15 is 0 Å². The van der Waals surface area contributed by atoms with Crippen LogP contribution in [-0.2, 0) is 36.9 Å². The van der Waals surface area contributed by atoms with Gasteiger partial charge in [-0.25, -0.2) is 0 Å². The molecular formula is C51H57N3O7. The zero-order valence-electron chi connectivity index (χ0n) is 34.8. The number of rotatable bonds is 19. The molecule has 0 aliphatic heterocycles. The third-order valence-electron chi connectivity index (χ3n) is 11.6. The van der Waals surface area contributed by atoms with Gasteiger partial charge in [0.1, 0.15) is 5.75 Å². The molecule has 9 N–H and O–H groups in total. The van der Waals surface area contributed by atoms with Crippen LogP contribution in [0.5, 0.6) is 17.2 Å². The average Bonchev–Trinajstić information content (AvgIpc) is 3.73. The molecule has 10 heteroatoms. The summed E-state index contributed by atoms with van der Waals surface area (Å²) in [7, 11) is 0. The minimum absolute atomic E-state index is 0.00601. The average molecular weight is 824 g/mol. The Kier molecular flexibility index (Phi) is 15.7. The van der Waals surface area contributed by atoms with Gasteiger partial charge in [0.2, 0.25) is 0 Å². The predicted octanol–water partition coefficient (Wildman–Crippen LogP) is 7.28. The standard InChI is InChI=1S/C51H57N3O7/c1-33(48(59)31-37-10-6-5-9-36(37)23-26-55)8-3-2-4-12-40(56)18-14-34-16-21-47(58)50(29-34)61-27-24-35-15-20-46(57)44(28-35)43-32-49(60)42-22-25-54-45(42)13-7-11-38-30-39(51(52)53)17-19-41(38)43/h4-6,9-10,12,15-17,19-22,25,28-30,33,43,48,51,54-55,57-59H,2-3,8,13-14,18,23-24,26-27,31-32,52-53H2,1H3/b12-4+/t33-,43-,48-/m1/s1. The number of carbonyl (C=O) groups is 2. The number of ketones is 2. The van der Waals surface area contributed by atoms with Crippen molar-refractivity contribution in [3.8, 4) is 29.1 Å². The van der Waals surface area contributed by atoms with Gasteiger partial charge in [-0.1, -0.05) is 79.4 Å². The second kappa shape index (κ2) is 21.5. The number of phenolic OH excluding ortho intramolecular Hbond substituents is 2. The van der Waals surface area contributed by atoms with E-state index in [0.29, 0.717) is 66.5 Å². The van der Waals surface area contributed by atoms with Crippen molar-refractivity contribution in [3.63, 3.8) is 0 Å². The molecule has 5 aromatic rings. The number of ether oxygens (including phenoxy) is 1. The normalized spacial score (nSPS) is 14.9. The van der Waals surface area contributed by atoms with Crippen molar-refractivity contribution in [2.75, 3.05) is 13.2 Å². The highest BCUT2D eigenvalue weighted by atomic mass is 16.5. The highest BCUT2D eigenvalue weighted by Crippen LogP contribution is 2.38. The number of nitrogens with two attached hydrogens (primary N) is 2. The second-order valence-corrected chi connectivity index (χ2v) is 16.0. The van der Waals surface area contributed by atoms with Crippen molar-refractivity contribution in [1.29, 1.82) is 0 Å². The van der Waals surface area contributed by atoms with Gasteiger partial charge >= 0.3 is 0 Å². The summed E-state index contributed by atoms with van der Waals surface area (Å²) in [5, 5.41) is 42.0. The monoisotopic (exact) mass is 823 g/mol. The molecule has 1 aliphatic rings. The molecule has 0 unspecified atom stereocenters. The Morgan fingerprint density at radius 1 is 0.934 bits per heavy atom. The predicted molar refractivity (Wildman–Crippen MR) is 238 cm³/mol. The van der Waals surface area contributed by atoms with Gasteiger partial charge in [0, 0.05) is 60.4 Å². The van der Waals surface area contributed by atoms with Gasteiger partial charge in [0.05, 0.1) is 25.3 Å². The number of aliphatic hydroxyl groups is 2. The van der Waals surface area contributed by atoms with E-state index in [2.05, 4.69) is 16.8 Å². The Morgan fingerprint density at radius 2 is 1.70 bits per heavy atom. The lowest BCUT2D eigenvalue weighted by Crippen LogP contribution is -2.21. The number of hydrogen-bond donors (Lipinski definition) is 7. The van der Waals surface area contributed by atoms with Crippen LogP contribution in [0.2, 0.25) is 0 Å². The summed E-state index contributed by atoms with van der Waals surface area (Å²) in [5.41, 5.74) is 20.0. The van der Waals surface area contributed by atoms with E-state index in [0.717, 1.165) is 52.8 Å². The first-order valence-electron chi connectivity index (χ1n) is 21.2. The summed E-state index contributed by atoms with van der Waals surface area (Å²) in [6, 6.07) is 25.7. The number of benzene rings is 4. The summed E-state index contributed by atoms with van der Waals surface area (Å²) in [5.74, 6) is 6.34. The second-order valence-electron chi connectivity index (χ2n) is 16.0. The molecule has 3 atom stereocenters. The first-order valence-corrected chi connectivity index (χ1v) is 21.2. The summed E-state index contributed by atoms with van der Waals surface area (Å²) in [6.07, 6.45) is 9.37. The summed E-state index contributed by atoms with van der Waals surface area (Å²) >= 11 is 0. The zero-order chi connectivity index (χ0) is 43.3. The quantitative estimate of drug-likeness (QED) is 0.0194. The molecule has 1 aromatic heterocycles. The molecule has 4 aromatic carbocycles. The number of aromatic amines is 1. The van der Waals surface area contributed by atoms with Gasteiger partial charge in [-0.15, -0.1) is 0 Å². The van der Waals surface area contributed by atoms with Crippen LogP contribution in [-0.4, -0.2) is 56.3 Å². The fourth-order valence-electron chi connectivity index (χ4n) is 7.93. The van der Waals surface area contributed by atoms with Gasteiger partial charge in [-0.05, 0) is 114 Å². The van der Waals surface area contributed by atoms with E-state index in [9.17, 15) is 30.0 Å². The number of nitrogens with one attached hydrogen (secondary N) is 1. The molecule has 0 saturated heterocycles. The number of H-pyrrole nitrogens is 1. The molecule has 0 radical (unpaired) electrons. The van der Waals surface area contributed by atoms with Crippen LogP contribution in [0.25, 0.3) is 0 Å². The number of carbonyl (C=O) groups excluding carboxylic acids is 2. The van der Waals surface area contributed by atoms with Gasteiger partial charge < -0.3 is 41.6 Å². The van der Waals surface area contributed by atoms with E-state index in [-0.39, 0.29) is 48.6 Å². The van der Waals surface area contributed by atoms with E-state index in [4.69, 9.17) is 16.2 Å². The van der Waals surface area contributed by atoms with Crippen molar-refractivity contribution in [1.82, 2.24) is 4.98 Å². The van der Waals surface area contributed by atoms with Crippen LogP contribution in [0.15, 0.2) is 103 Å². The van der Waals surface area contributed by atoms with Crippen molar-refractivity contribution < 1.29 is 34.8 Å². The van der Waals surface area contributed by atoms with E-state index in [1.165, 1.54) is 0 Å². The van der Waals surface area contributed by atoms with Crippen LogP contribution in [0.3, 0.4) is 0 Å². The first-order chi connectivity index (χ1) is 29.5. The molecule has 0 fully saturated rings. The molecule has 6 rings (SSSR count). The number of aliphatic hydroxyl groups excluding tert-OH is 2. The molecule has 318 valence electrons. The molecule has 0 bridgehead atoms. The van der Waals surface area contributed by atoms with Gasteiger partial charge in [0.15, 0.2) is 23.1 Å². The zero-order valence-corrected chi connectivity index (χ0v) is 34.8. The summed E-state index contributed by atoms with van der Waals surface area (Å²) in [6.45, 7) is 2.35. The number of unbranched alkanes of at least 4 members (excludes halogenated alkanes) is 1. The Morgan fingerprint density at radius 3 is 2.49 bits per heavy atom. The Labute approximate surface area is 358 Å². The molecule has 10 nitrogen and oxygen atoms in total. The minimum atomic E-state index is -0.697. The van der Waals surface area contributed by atoms with Crippen LogP contribution in [0, 0.1) is 17.8 Å². The van der Waals surface area contributed by atoms with Crippen LogP contribution < -0.4 is 16.2 Å². The number of aryl methyl sites for hydroxylation is 1. The van der Waals surface area contributed by atoms with Gasteiger partial charge in [-0.3, -0.25) is 9.59 Å². The van der Waals surface area contributed by atoms with E-state index < -0.39 is 18.2 Å². The maximum absolute atomic E-state index is 13.7. The Hall–Kier alpha value is -5.96. The largest absolute Gasteiger partial charge is 0.508 e. The lowest BCUT2D eigenvalue weighted by molar-refractivity contribution is -0.114. The summed E-state index contributed by atoms with van der Waals surface area (Å²) < 4.78 is 6.05. The minimum Gasteiger partial charge on any atom is -0.508 e. The van der Waals surface area contributed by atoms with Crippen LogP contribution >= 0.6 is 0 Å². The molecule has 0 amide bonds. The first kappa shape index (κ1) is 44.6. The molecule has 61 heavy (non-hydrogen) atoms. The lowest BCUT2D eigenvalue weighted by Gasteiger charge is -2.22. The van der Waals surface area contributed by atoms with Crippen LogP contribution in [0.4, 0.5) is 0 Å². The summed E-state index contributed by atoms with van der Waals surface area (Å²) in [4.78, 5) is 29.6. The fraction of sp³-hybridized carbons (Fsp3) is 0.333. The topological polar surface area (TPSA) is 192 Å². The van der Waals surface area contributed by atoms with Crippen molar-refractivity contribution in [2.45, 2.75) is 89.3 Å². The maximum Gasteiger partial charge on any atom is 0.165 e. The highest BCUT2D eigenvalue weighted by molar-refractivity contribution is 5.98. The van der Waals surface area contributed by atoms with Gasteiger partial charge in [0.25, 0.3) is 0 Å². The smallest absolute Gasteiger partial charge is 0.165 e. The molecule has 0 saturated carbocycles. The molecule has 0 spiro atoms. The van der Waals surface area contributed by atoms with E-state index in [1.807, 2.05) is 67.6 Å². The third kappa shape index (κ3) is 12.1. The third-order valence-corrected chi connectivity index (χ3v) is 11.6. The maximum atomic E-state index is 13.7. The van der Waals surface area contributed by atoms with Crippen molar-refractivity contribution >= 4 is 11.6 Å². The van der Waals surface area contributed by atoms with Gasteiger partial charge in [-0.2, -0.15) is 0 Å². The number of phenols is 2. The van der Waals surface area contributed by atoms with Crippen molar-refractivity contribution in [2.24, 2.45) is 17.4 Å². The number of allylic oxidation sites excluding steroid dienone is 2. The fourth-order valence-corrected chi connectivity index (χ4v) is 7.93. The number of aromatic hydroxyl groups is 2. The molecule has 1 heterocycles. The lowest BCUT2D eigenvalue weighted by atomic mass is 9.81. The SMILES string of the molecule is C[C@H](CCC/C=C/C(=O)CCc1ccc(O)c(OCCc2ccc(O)c([C@@H]3CC(=O)c4cc[nH]c4CC#Cc4cc(C(N)N)ccc43)c2)c1)[C@H](O)Cc1ccccc1CCO.